The summed E-state index contributed by atoms with van der Waals surface area (Å²) >= 11 is 0. The molecule has 2 aliphatic rings. The summed E-state index contributed by atoms with van der Waals surface area (Å²) in [4.78, 5) is 35.5. The fourth-order valence-corrected chi connectivity index (χ4v) is 3.41. The fourth-order valence-electron chi connectivity index (χ4n) is 3.41. The van der Waals surface area contributed by atoms with Crippen molar-refractivity contribution < 1.29 is 24.0 Å². The van der Waals surface area contributed by atoms with E-state index in [-0.39, 0.29) is 23.4 Å². The van der Waals surface area contributed by atoms with Gasteiger partial charge in [-0.2, -0.15) is 0 Å². The van der Waals surface area contributed by atoms with Crippen molar-refractivity contribution in [2.45, 2.75) is 33.1 Å². The lowest BCUT2D eigenvalue weighted by Gasteiger charge is -2.30. The number of hydrogen-bond acceptors (Lipinski definition) is 8. The van der Waals surface area contributed by atoms with E-state index in [1.165, 1.54) is 25.3 Å². The van der Waals surface area contributed by atoms with E-state index >= 15 is 0 Å². The Morgan fingerprint density at radius 3 is 2.22 bits per heavy atom. The summed E-state index contributed by atoms with van der Waals surface area (Å²) in [6, 6.07) is 5.84. The lowest BCUT2D eigenvalue weighted by atomic mass is 9.80. The van der Waals surface area contributed by atoms with Crippen LogP contribution in [0.25, 0.3) is 0 Å². The second-order valence-electron chi connectivity index (χ2n) is 6.91. The number of methoxy groups -OCH3 is 1. The molecule has 0 spiro atoms. The largest absolute Gasteiger partial charge is 0.466 e. The van der Waals surface area contributed by atoms with E-state index in [1.807, 2.05) is 12.4 Å². The highest BCUT2D eigenvalue weighted by molar-refractivity contribution is 5.99. The minimum Gasteiger partial charge on any atom is -0.466 e. The number of esters is 2. The molecule has 0 amide bonds. The van der Waals surface area contributed by atoms with E-state index in [1.54, 1.807) is 26.8 Å². The molecular weight excluding hydrogens is 414 g/mol. The molecule has 1 atom stereocenters. The first-order chi connectivity index (χ1) is 15.3. The molecule has 1 aromatic carbocycles. The average Bonchev–Trinajstić information content (AvgIpc) is 2.79. The number of rotatable bonds is 5. The molecule has 0 saturated carbocycles. The number of carbonyl (C=O) groups is 2. The average molecular weight is 441 g/mol. The maximum Gasteiger partial charge on any atom is 0.336 e. The zero-order valence-electron chi connectivity index (χ0n) is 18.5. The second kappa shape index (κ2) is 11.5. The predicted molar refractivity (Wildman–Crippen MR) is 119 cm³/mol. The van der Waals surface area contributed by atoms with Gasteiger partial charge in [0, 0.05) is 23.5 Å². The van der Waals surface area contributed by atoms with Crippen molar-refractivity contribution in [2.75, 3.05) is 13.7 Å². The van der Waals surface area contributed by atoms with Crippen LogP contribution in [0.2, 0.25) is 0 Å². The molecule has 2 aliphatic heterocycles. The van der Waals surface area contributed by atoms with E-state index in [9.17, 15) is 19.7 Å². The third kappa shape index (κ3) is 5.84. The van der Waals surface area contributed by atoms with E-state index in [0.717, 1.165) is 6.42 Å². The summed E-state index contributed by atoms with van der Waals surface area (Å²) in [6.07, 6.45) is 9.08. The monoisotopic (exact) mass is 441 g/mol. The zero-order chi connectivity index (χ0) is 23.7. The maximum absolute atomic E-state index is 12.5. The zero-order valence-corrected chi connectivity index (χ0v) is 18.5. The minimum absolute atomic E-state index is 0.135. The number of nitrogens with one attached hydrogen (secondary N) is 2. The number of nitro groups is 1. The van der Waals surface area contributed by atoms with Gasteiger partial charge in [0.25, 0.3) is 5.69 Å². The number of hydrogen-bond donors (Lipinski definition) is 2. The summed E-state index contributed by atoms with van der Waals surface area (Å²) in [5.74, 6) is -2.05. The number of allylic oxidation sites excluding steroid dienone is 4. The Bertz CT molecular complexity index is 987. The molecule has 0 saturated heterocycles. The highest BCUT2D eigenvalue weighted by atomic mass is 16.6. The molecule has 170 valence electrons. The Kier molecular flexibility index (Phi) is 8.76. The highest BCUT2D eigenvalue weighted by Gasteiger charge is 2.38. The van der Waals surface area contributed by atoms with E-state index in [2.05, 4.69) is 22.8 Å². The maximum atomic E-state index is 12.5. The molecule has 2 N–H and O–H groups in total. The van der Waals surface area contributed by atoms with Gasteiger partial charge >= 0.3 is 11.9 Å². The quantitative estimate of drug-likeness (QED) is 0.404. The summed E-state index contributed by atoms with van der Waals surface area (Å²) in [7, 11) is 1.24. The molecule has 0 bridgehead atoms. The number of dihydropyridines is 2. The Balaban J connectivity index is 0.000000520. The van der Waals surface area contributed by atoms with Crippen molar-refractivity contribution in [3.63, 3.8) is 0 Å². The Morgan fingerprint density at radius 2 is 1.75 bits per heavy atom. The summed E-state index contributed by atoms with van der Waals surface area (Å²) in [5, 5.41) is 17.1. The predicted octanol–water partition coefficient (Wildman–Crippen LogP) is 3.57. The number of carbonyl (C=O) groups excluding carboxylic acids is 2. The number of ether oxygens (including phenoxy) is 2. The van der Waals surface area contributed by atoms with Crippen LogP contribution in [0.1, 0.15) is 38.7 Å². The lowest BCUT2D eigenvalue weighted by molar-refractivity contribution is -0.384. The fraction of sp³-hybridized carbons (Fsp3) is 0.304. The molecule has 1 aromatic rings. The molecule has 0 radical (unpaired) electrons. The Labute approximate surface area is 186 Å². The molecule has 0 fully saturated rings. The van der Waals surface area contributed by atoms with Crippen LogP contribution in [0.4, 0.5) is 5.69 Å². The highest BCUT2D eigenvalue weighted by Crippen LogP contribution is 2.40. The number of benzene rings is 1. The molecule has 0 aliphatic carbocycles. The Morgan fingerprint density at radius 1 is 1.12 bits per heavy atom. The van der Waals surface area contributed by atoms with Crippen molar-refractivity contribution in [1.82, 2.24) is 10.6 Å². The van der Waals surface area contributed by atoms with Crippen molar-refractivity contribution in [3.8, 4) is 0 Å². The van der Waals surface area contributed by atoms with E-state index in [4.69, 9.17) is 9.47 Å². The van der Waals surface area contributed by atoms with Crippen LogP contribution in [0.3, 0.4) is 0 Å². The van der Waals surface area contributed by atoms with Gasteiger partial charge in [0.2, 0.25) is 0 Å². The topological polar surface area (TPSA) is 120 Å². The SMILES string of the molecule is C1=CNC=CC1.CCOC(=O)C1=C(C)NC(C)=C(C(=O)OC)C1c1cccc([N+](=O)[O-])c1. The molecule has 32 heavy (non-hydrogen) atoms. The van der Waals surface area contributed by atoms with Gasteiger partial charge in [-0.3, -0.25) is 10.1 Å². The molecule has 3 rings (SSSR count). The van der Waals surface area contributed by atoms with Crippen LogP contribution in [0, 0.1) is 10.1 Å². The van der Waals surface area contributed by atoms with Gasteiger partial charge in [0.05, 0.1) is 35.7 Å². The van der Waals surface area contributed by atoms with Crippen molar-refractivity contribution in [3.05, 3.63) is 87.0 Å². The van der Waals surface area contributed by atoms with Crippen molar-refractivity contribution >= 4 is 17.6 Å². The number of nitro benzene ring substituents is 1. The van der Waals surface area contributed by atoms with Gasteiger partial charge in [-0.05, 0) is 45.2 Å². The van der Waals surface area contributed by atoms with Crippen molar-refractivity contribution in [1.29, 1.82) is 0 Å². The molecule has 9 nitrogen and oxygen atoms in total. The molecule has 2 heterocycles. The van der Waals surface area contributed by atoms with Crippen LogP contribution >= 0.6 is 0 Å². The van der Waals surface area contributed by atoms with Gasteiger partial charge in [0.1, 0.15) is 0 Å². The first-order valence-corrected chi connectivity index (χ1v) is 10.1. The summed E-state index contributed by atoms with van der Waals surface area (Å²) in [5.41, 5.74) is 1.76. The standard InChI is InChI=1S/C18H20N2O6.C5H7N/c1-5-26-18(22)15-11(3)19-10(2)14(17(21)25-4)16(15)12-7-6-8-13(9-12)20(23)24;1-2-4-6-5-3-1/h6-9,16,19H,5H2,1-4H3;2-6H,1H2. The summed E-state index contributed by atoms with van der Waals surface area (Å²) < 4.78 is 10.0. The minimum atomic E-state index is -0.831. The normalized spacial score (nSPS) is 16.9. The number of non-ortho nitro benzene ring substituents is 1. The van der Waals surface area contributed by atoms with Crippen LogP contribution in [0.15, 0.2) is 71.4 Å². The second-order valence-corrected chi connectivity index (χ2v) is 6.91. The molecule has 0 aromatic heterocycles. The van der Waals surface area contributed by atoms with Crippen LogP contribution < -0.4 is 10.6 Å². The molecule has 9 heteroatoms. The van der Waals surface area contributed by atoms with Crippen LogP contribution in [-0.2, 0) is 19.1 Å². The first-order valence-electron chi connectivity index (χ1n) is 10.1. The van der Waals surface area contributed by atoms with Crippen LogP contribution in [0.5, 0.6) is 0 Å². The molecular formula is C23H27N3O6. The summed E-state index contributed by atoms with van der Waals surface area (Å²) in [6.45, 7) is 5.21. The smallest absolute Gasteiger partial charge is 0.336 e. The van der Waals surface area contributed by atoms with Gasteiger partial charge in [-0.1, -0.05) is 24.3 Å². The van der Waals surface area contributed by atoms with E-state index < -0.39 is 22.8 Å². The lowest BCUT2D eigenvalue weighted by Crippen LogP contribution is -2.32. The Hall–Kier alpha value is -3.88. The molecule has 1 unspecified atom stereocenters. The van der Waals surface area contributed by atoms with Gasteiger partial charge in [0.15, 0.2) is 0 Å². The van der Waals surface area contributed by atoms with Crippen molar-refractivity contribution in [2.24, 2.45) is 0 Å². The van der Waals surface area contributed by atoms with Crippen LogP contribution in [-0.4, -0.2) is 30.6 Å². The third-order valence-corrected chi connectivity index (χ3v) is 4.78. The van der Waals surface area contributed by atoms with Gasteiger partial charge in [-0.15, -0.1) is 0 Å². The third-order valence-electron chi connectivity index (χ3n) is 4.78. The van der Waals surface area contributed by atoms with Gasteiger partial charge in [-0.25, -0.2) is 9.59 Å². The first kappa shape index (κ1) is 24.4. The van der Waals surface area contributed by atoms with Gasteiger partial charge < -0.3 is 20.1 Å². The number of nitrogens with zero attached hydrogens (tertiary/aromatic N) is 1. The van der Waals surface area contributed by atoms with E-state index in [0.29, 0.717) is 17.0 Å².